The molecule has 2 rings (SSSR count). The van der Waals surface area contributed by atoms with Gasteiger partial charge in [0, 0.05) is 12.1 Å². The Labute approximate surface area is 116 Å². The fourth-order valence-corrected chi connectivity index (χ4v) is 1.77. The van der Waals surface area contributed by atoms with E-state index in [-0.39, 0.29) is 12.4 Å². The summed E-state index contributed by atoms with van der Waals surface area (Å²) in [5.74, 6) is -0.543. The number of benzene rings is 1. The smallest absolute Gasteiger partial charge is 0.303 e. The fraction of sp³-hybridized carbons (Fsp3) is 0.214. The first-order valence-electron chi connectivity index (χ1n) is 6.21. The number of aromatic nitrogens is 2. The summed E-state index contributed by atoms with van der Waals surface area (Å²) in [6, 6.07) is 7.59. The zero-order valence-corrected chi connectivity index (χ0v) is 11.1. The average molecular weight is 272 g/mol. The quantitative estimate of drug-likeness (QED) is 0.770. The van der Waals surface area contributed by atoms with Gasteiger partial charge in [-0.25, -0.2) is 9.97 Å². The molecule has 0 aliphatic carbocycles. The van der Waals surface area contributed by atoms with Crippen molar-refractivity contribution in [2.45, 2.75) is 19.8 Å². The molecule has 0 unspecified atom stereocenters. The molecule has 0 aliphatic rings. The van der Waals surface area contributed by atoms with Gasteiger partial charge in [0.05, 0.1) is 17.6 Å². The van der Waals surface area contributed by atoms with E-state index in [1.54, 1.807) is 6.20 Å². The number of carboxylic acids is 1. The van der Waals surface area contributed by atoms with E-state index in [0.717, 1.165) is 22.6 Å². The molecule has 4 N–H and O–H groups in total. The van der Waals surface area contributed by atoms with Crippen LogP contribution in [0.4, 0.5) is 17.3 Å². The minimum Gasteiger partial charge on any atom is -0.481 e. The van der Waals surface area contributed by atoms with Gasteiger partial charge in [-0.3, -0.25) is 4.79 Å². The number of nitrogens with two attached hydrogens (primary N) is 1. The highest BCUT2D eigenvalue weighted by atomic mass is 16.4. The maximum absolute atomic E-state index is 10.5. The van der Waals surface area contributed by atoms with Crippen molar-refractivity contribution < 1.29 is 9.90 Å². The van der Waals surface area contributed by atoms with Crippen LogP contribution in [0, 0.1) is 6.92 Å². The molecule has 0 aliphatic heterocycles. The number of carbonyl (C=O) groups is 1. The van der Waals surface area contributed by atoms with Crippen LogP contribution in [-0.2, 0) is 11.2 Å². The third kappa shape index (κ3) is 3.68. The molecular formula is C14H16N4O2. The second-order valence-corrected chi connectivity index (χ2v) is 4.44. The summed E-state index contributed by atoms with van der Waals surface area (Å²) in [5.41, 5.74) is 8.94. The monoisotopic (exact) mass is 272 g/mol. The number of nitrogens with one attached hydrogen (secondary N) is 1. The number of aliphatic carboxylic acids is 1. The molecule has 0 radical (unpaired) electrons. The van der Waals surface area contributed by atoms with E-state index in [1.807, 2.05) is 31.2 Å². The lowest BCUT2D eigenvalue weighted by Crippen LogP contribution is -2.01. The van der Waals surface area contributed by atoms with E-state index in [1.165, 1.54) is 0 Å². The summed E-state index contributed by atoms with van der Waals surface area (Å²) in [6.45, 7) is 1.85. The van der Waals surface area contributed by atoms with Crippen molar-refractivity contribution in [2.75, 3.05) is 11.1 Å². The standard InChI is InChI=1S/C14H16N4O2/c1-9-12(8-16-14(15)17-9)18-11-5-2-10(3-6-11)4-7-13(19)20/h2-3,5-6,8,18H,4,7H2,1H3,(H,19,20)(H2,15,16,17). The summed E-state index contributed by atoms with van der Waals surface area (Å²) >= 11 is 0. The Kier molecular flexibility index (Phi) is 4.14. The molecule has 1 aromatic heterocycles. The van der Waals surface area contributed by atoms with Crippen molar-refractivity contribution in [3.05, 3.63) is 41.7 Å². The van der Waals surface area contributed by atoms with Crippen LogP contribution in [0.25, 0.3) is 0 Å². The number of hydrogen-bond donors (Lipinski definition) is 3. The van der Waals surface area contributed by atoms with Crippen LogP contribution in [0.15, 0.2) is 30.5 Å². The number of carboxylic acid groups (broad SMARTS) is 1. The number of anilines is 3. The molecular weight excluding hydrogens is 256 g/mol. The normalized spacial score (nSPS) is 10.2. The van der Waals surface area contributed by atoms with E-state index in [4.69, 9.17) is 10.8 Å². The van der Waals surface area contributed by atoms with Gasteiger partial charge in [0.15, 0.2) is 0 Å². The maximum atomic E-state index is 10.5. The van der Waals surface area contributed by atoms with Crippen LogP contribution < -0.4 is 11.1 Å². The Morgan fingerprint density at radius 2 is 2.05 bits per heavy atom. The Bertz CT molecular complexity index is 611. The van der Waals surface area contributed by atoms with Gasteiger partial charge < -0.3 is 16.2 Å². The van der Waals surface area contributed by atoms with Gasteiger partial charge in [-0.05, 0) is 31.0 Å². The van der Waals surface area contributed by atoms with Crippen LogP contribution in [0.1, 0.15) is 17.7 Å². The lowest BCUT2D eigenvalue weighted by Gasteiger charge is -2.09. The fourth-order valence-electron chi connectivity index (χ4n) is 1.77. The predicted octanol–water partition coefficient (Wildman–Crippen LogP) is 2.13. The molecule has 2 aromatic rings. The first kappa shape index (κ1) is 13.8. The van der Waals surface area contributed by atoms with Crippen LogP contribution in [0.3, 0.4) is 0 Å². The van der Waals surface area contributed by atoms with Crippen LogP contribution >= 0.6 is 0 Å². The minimum atomic E-state index is -0.790. The molecule has 0 atom stereocenters. The molecule has 0 fully saturated rings. The van der Waals surface area contributed by atoms with Crippen LogP contribution in [0.2, 0.25) is 0 Å². The van der Waals surface area contributed by atoms with Gasteiger partial charge in [-0.2, -0.15) is 0 Å². The Morgan fingerprint density at radius 1 is 1.35 bits per heavy atom. The molecule has 1 heterocycles. The topological polar surface area (TPSA) is 101 Å². The average Bonchev–Trinajstić information content (AvgIpc) is 2.41. The Morgan fingerprint density at radius 3 is 2.65 bits per heavy atom. The first-order chi connectivity index (χ1) is 9.54. The molecule has 1 aromatic carbocycles. The summed E-state index contributed by atoms with van der Waals surface area (Å²) in [4.78, 5) is 18.5. The highest BCUT2D eigenvalue weighted by molar-refractivity contribution is 5.67. The molecule has 0 saturated heterocycles. The molecule has 0 spiro atoms. The van der Waals surface area contributed by atoms with Crippen molar-refractivity contribution in [3.8, 4) is 0 Å². The number of nitrogen functional groups attached to an aromatic ring is 1. The van der Waals surface area contributed by atoms with Gasteiger partial charge in [0.2, 0.25) is 5.95 Å². The molecule has 6 heteroatoms. The van der Waals surface area contributed by atoms with Gasteiger partial charge in [-0.15, -0.1) is 0 Å². The first-order valence-corrected chi connectivity index (χ1v) is 6.21. The second-order valence-electron chi connectivity index (χ2n) is 4.44. The van der Waals surface area contributed by atoms with Crippen LogP contribution in [-0.4, -0.2) is 21.0 Å². The molecule has 20 heavy (non-hydrogen) atoms. The zero-order valence-electron chi connectivity index (χ0n) is 11.1. The predicted molar refractivity (Wildman–Crippen MR) is 76.9 cm³/mol. The van der Waals surface area contributed by atoms with Gasteiger partial charge in [-0.1, -0.05) is 12.1 Å². The summed E-state index contributed by atoms with van der Waals surface area (Å²) in [7, 11) is 0. The van der Waals surface area contributed by atoms with Crippen molar-refractivity contribution in [3.63, 3.8) is 0 Å². The lowest BCUT2D eigenvalue weighted by atomic mass is 10.1. The molecule has 0 amide bonds. The summed E-state index contributed by atoms with van der Waals surface area (Å²) in [6.07, 6.45) is 2.30. The highest BCUT2D eigenvalue weighted by Crippen LogP contribution is 2.19. The summed E-state index contributed by atoms with van der Waals surface area (Å²) in [5, 5.41) is 11.8. The lowest BCUT2D eigenvalue weighted by molar-refractivity contribution is -0.136. The van der Waals surface area contributed by atoms with Gasteiger partial charge in [0.25, 0.3) is 0 Å². The zero-order chi connectivity index (χ0) is 14.5. The van der Waals surface area contributed by atoms with Gasteiger partial charge >= 0.3 is 5.97 Å². The number of hydrogen-bond acceptors (Lipinski definition) is 5. The van der Waals surface area contributed by atoms with Crippen molar-refractivity contribution in [2.24, 2.45) is 0 Å². The number of aryl methyl sites for hydroxylation is 2. The van der Waals surface area contributed by atoms with E-state index < -0.39 is 5.97 Å². The van der Waals surface area contributed by atoms with E-state index in [0.29, 0.717) is 6.42 Å². The third-order valence-corrected chi connectivity index (χ3v) is 2.86. The van der Waals surface area contributed by atoms with E-state index in [9.17, 15) is 4.79 Å². The van der Waals surface area contributed by atoms with E-state index in [2.05, 4.69) is 15.3 Å². The molecule has 0 bridgehead atoms. The SMILES string of the molecule is Cc1nc(N)ncc1Nc1ccc(CCC(=O)O)cc1. The third-order valence-electron chi connectivity index (χ3n) is 2.86. The second kappa shape index (κ2) is 6.01. The maximum Gasteiger partial charge on any atom is 0.303 e. The highest BCUT2D eigenvalue weighted by Gasteiger charge is 2.03. The van der Waals surface area contributed by atoms with Crippen molar-refractivity contribution in [1.29, 1.82) is 0 Å². The van der Waals surface area contributed by atoms with E-state index >= 15 is 0 Å². The molecule has 6 nitrogen and oxygen atoms in total. The molecule has 104 valence electrons. The van der Waals surface area contributed by atoms with Crippen LogP contribution in [0.5, 0.6) is 0 Å². The number of rotatable bonds is 5. The van der Waals surface area contributed by atoms with Crippen molar-refractivity contribution >= 4 is 23.3 Å². The van der Waals surface area contributed by atoms with Crippen molar-refractivity contribution in [1.82, 2.24) is 9.97 Å². The number of nitrogens with zero attached hydrogens (tertiary/aromatic N) is 2. The Balaban J connectivity index is 2.05. The van der Waals surface area contributed by atoms with Gasteiger partial charge in [0.1, 0.15) is 0 Å². The Hall–Kier alpha value is -2.63. The largest absolute Gasteiger partial charge is 0.481 e. The minimum absolute atomic E-state index is 0.137. The molecule has 0 saturated carbocycles. The summed E-state index contributed by atoms with van der Waals surface area (Å²) < 4.78 is 0.